The van der Waals surface area contributed by atoms with Gasteiger partial charge in [0.15, 0.2) is 0 Å². The Hall–Kier alpha value is -2.25. The topological polar surface area (TPSA) is 66.5 Å². The van der Waals surface area contributed by atoms with Crippen molar-refractivity contribution in [3.63, 3.8) is 0 Å². The fourth-order valence-corrected chi connectivity index (χ4v) is 4.73. The van der Waals surface area contributed by atoms with E-state index >= 15 is 0 Å². The van der Waals surface area contributed by atoms with Crippen molar-refractivity contribution in [2.24, 2.45) is 0 Å². The molecule has 1 aliphatic heterocycles. The van der Waals surface area contributed by atoms with Gasteiger partial charge >= 0.3 is 0 Å². The number of likely N-dealkylation sites (tertiary alicyclic amines) is 1. The number of benzene rings is 2. The lowest BCUT2D eigenvalue weighted by Crippen LogP contribution is -2.46. The third-order valence-electron chi connectivity index (χ3n) is 5.21. The molecule has 5 nitrogen and oxygen atoms in total. The number of hydrogen-bond acceptors (Lipinski definition) is 3. The van der Waals surface area contributed by atoms with Crippen molar-refractivity contribution in [3.8, 4) is 0 Å². The first-order valence-corrected chi connectivity index (χ1v) is 11.2. The second kappa shape index (κ2) is 8.24. The van der Waals surface area contributed by atoms with E-state index in [9.17, 15) is 17.6 Å². The Bertz CT molecular complexity index is 974. The molecule has 0 radical (unpaired) electrons. The third kappa shape index (κ3) is 5.22. The molecular formula is C22H27FN2O3S. The molecule has 29 heavy (non-hydrogen) atoms. The molecule has 1 saturated heterocycles. The zero-order chi connectivity index (χ0) is 21.2. The maximum atomic E-state index is 13.3. The Morgan fingerprint density at radius 1 is 1.07 bits per heavy atom. The smallest absolute Gasteiger partial charge is 0.253 e. The first kappa shape index (κ1) is 21.5. The Balaban J connectivity index is 1.60. The minimum atomic E-state index is -3.62. The normalized spacial score (nSPS) is 16.1. The van der Waals surface area contributed by atoms with E-state index in [0.29, 0.717) is 31.5 Å². The maximum absolute atomic E-state index is 13.3. The minimum Gasteiger partial charge on any atom is -0.339 e. The molecule has 1 N–H and O–H groups in total. The monoisotopic (exact) mass is 418 g/mol. The van der Waals surface area contributed by atoms with Gasteiger partial charge in [0, 0.05) is 24.7 Å². The number of rotatable bonds is 4. The number of nitrogens with zero attached hydrogens (tertiary/aromatic N) is 1. The van der Waals surface area contributed by atoms with Crippen LogP contribution >= 0.6 is 0 Å². The molecule has 0 bridgehead atoms. The fraction of sp³-hybridized carbons (Fsp3) is 0.409. The molecule has 3 rings (SSSR count). The van der Waals surface area contributed by atoms with Crippen LogP contribution in [0.15, 0.2) is 53.4 Å². The van der Waals surface area contributed by atoms with E-state index in [1.54, 1.807) is 23.1 Å². The van der Waals surface area contributed by atoms with Gasteiger partial charge in [-0.1, -0.05) is 39.0 Å². The van der Waals surface area contributed by atoms with Crippen LogP contribution in [0.1, 0.15) is 49.5 Å². The van der Waals surface area contributed by atoms with Crippen molar-refractivity contribution in [2.45, 2.75) is 50.0 Å². The summed E-state index contributed by atoms with van der Waals surface area (Å²) in [4.78, 5) is 14.4. The average molecular weight is 419 g/mol. The van der Waals surface area contributed by atoms with Crippen LogP contribution in [0.4, 0.5) is 4.39 Å². The van der Waals surface area contributed by atoms with Gasteiger partial charge in [-0.15, -0.1) is 0 Å². The highest BCUT2D eigenvalue weighted by atomic mass is 32.2. The van der Waals surface area contributed by atoms with Crippen molar-refractivity contribution in [1.82, 2.24) is 9.62 Å². The Kier molecular flexibility index (Phi) is 6.10. The van der Waals surface area contributed by atoms with Crippen molar-refractivity contribution >= 4 is 15.9 Å². The molecule has 7 heteroatoms. The Morgan fingerprint density at radius 3 is 2.24 bits per heavy atom. The fourth-order valence-electron chi connectivity index (χ4n) is 3.43. The molecule has 0 aliphatic carbocycles. The van der Waals surface area contributed by atoms with E-state index in [4.69, 9.17) is 0 Å². The summed E-state index contributed by atoms with van der Waals surface area (Å²) in [6.45, 7) is 7.08. The van der Waals surface area contributed by atoms with Crippen LogP contribution in [0, 0.1) is 5.82 Å². The summed E-state index contributed by atoms with van der Waals surface area (Å²) >= 11 is 0. The molecule has 2 aromatic rings. The quantitative estimate of drug-likeness (QED) is 0.823. The lowest BCUT2D eigenvalue weighted by molar-refractivity contribution is 0.0711. The highest BCUT2D eigenvalue weighted by molar-refractivity contribution is 7.89. The predicted octanol–water partition coefficient (Wildman–Crippen LogP) is 3.71. The number of nitrogens with one attached hydrogen (secondary N) is 1. The van der Waals surface area contributed by atoms with Gasteiger partial charge in [0.25, 0.3) is 5.91 Å². The number of hydrogen-bond donors (Lipinski definition) is 1. The first-order chi connectivity index (χ1) is 13.6. The van der Waals surface area contributed by atoms with Gasteiger partial charge in [-0.05, 0) is 54.2 Å². The second-order valence-corrected chi connectivity index (χ2v) is 10.2. The molecule has 156 valence electrons. The molecule has 0 aromatic heterocycles. The molecule has 1 aliphatic rings. The summed E-state index contributed by atoms with van der Waals surface area (Å²) < 4.78 is 41.5. The Labute approximate surface area is 172 Å². The van der Waals surface area contributed by atoms with Crippen LogP contribution in [0.2, 0.25) is 0 Å². The van der Waals surface area contributed by atoms with Gasteiger partial charge in [0.2, 0.25) is 10.0 Å². The number of piperidine rings is 1. The largest absolute Gasteiger partial charge is 0.339 e. The van der Waals surface area contributed by atoms with Crippen LogP contribution in [0.5, 0.6) is 0 Å². The molecule has 0 unspecified atom stereocenters. The van der Waals surface area contributed by atoms with Gasteiger partial charge in [0.05, 0.1) is 4.90 Å². The molecule has 0 saturated carbocycles. The van der Waals surface area contributed by atoms with Crippen LogP contribution < -0.4 is 4.72 Å². The van der Waals surface area contributed by atoms with E-state index in [-0.39, 0.29) is 22.3 Å². The standard InChI is InChI=1S/C22H27FN2O3S/c1-22(2,3)17-7-9-20(10-8-17)29(27,28)24-19-11-13-25(14-12-19)21(26)16-5-4-6-18(23)15-16/h4-10,15,19,24H,11-14H2,1-3H3. The van der Waals surface area contributed by atoms with E-state index in [1.165, 1.54) is 18.2 Å². The maximum Gasteiger partial charge on any atom is 0.253 e. The van der Waals surface area contributed by atoms with Gasteiger partial charge in [-0.2, -0.15) is 0 Å². The Morgan fingerprint density at radius 2 is 1.69 bits per heavy atom. The number of sulfonamides is 1. The van der Waals surface area contributed by atoms with Gasteiger partial charge < -0.3 is 4.90 Å². The van der Waals surface area contributed by atoms with E-state index in [2.05, 4.69) is 25.5 Å². The lowest BCUT2D eigenvalue weighted by atomic mass is 9.87. The number of carbonyl (C=O) groups excluding carboxylic acids is 1. The van der Waals surface area contributed by atoms with Gasteiger partial charge in [0.1, 0.15) is 5.82 Å². The molecule has 1 heterocycles. The molecule has 1 fully saturated rings. The summed E-state index contributed by atoms with van der Waals surface area (Å²) in [6.07, 6.45) is 1.03. The number of carbonyl (C=O) groups is 1. The zero-order valence-electron chi connectivity index (χ0n) is 17.0. The van der Waals surface area contributed by atoms with Crippen molar-refractivity contribution in [2.75, 3.05) is 13.1 Å². The SMILES string of the molecule is CC(C)(C)c1ccc(S(=O)(=O)NC2CCN(C(=O)c3cccc(F)c3)CC2)cc1. The third-order valence-corrected chi connectivity index (χ3v) is 6.74. The summed E-state index contributed by atoms with van der Waals surface area (Å²) in [5, 5.41) is 0. The van der Waals surface area contributed by atoms with Gasteiger partial charge in [-0.3, -0.25) is 4.79 Å². The molecule has 1 amide bonds. The molecule has 0 atom stereocenters. The van der Waals surface area contributed by atoms with E-state index in [1.807, 2.05) is 12.1 Å². The predicted molar refractivity (Wildman–Crippen MR) is 111 cm³/mol. The van der Waals surface area contributed by atoms with Crippen molar-refractivity contribution in [1.29, 1.82) is 0 Å². The molecule has 2 aromatic carbocycles. The average Bonchev–Trinajstić information content (AvgIpc) is 2.67. The summed E-state index contributed by atoms with van der Waals surface area (Å²) in [5.74, 6) is -0.681. The second-order valence-electron chi connectivity index (χ2n) is 8.47. The number of halogens is 1. The lowest BCUT2D eigenvalue weighted by Gasteiger charge is -2.32. The van der Waals surface area contributed by atoms with Crippen LogP contribution in [0.25, 0.3) is 0 Å². The summed E-state index contributed by atoms with van der Waals surface area (Å²) in [7, 11) is -3.62. The molecule has 0 spiro atoms. The number of amides is 1. The highest BCUT2D eigenvalue weighted by Crippen LogP contribution is 2.24. The minimum absolute atomic E-state index is 0.0449. The van der Waals surface area contributed by atoms with Crippen molar-refractivity contribution < 1.29 is 17.6 Å². The van der Waals surface area contributed by atoms with Crippen LogP contribution in [-0.4, -0.2) is 38.4 Å². The summed E-state index contributed by atoms with van der Waals surface area (Å²) in [6, 6.07) is 12.3. The van der Waals surface area contributed by atoms with Crippen LogP contribution in [0.3, 0.4) is 0 Å². The first-order valence-electron chi connectivity index (χ1n) is 9.74. The highest BCUT2D eigenvalue weighted by Gasteiger charge is 2.27. The van der Waals surface area contributed by atoms with E-state index in [0.717, 1.165) is 5.56 Å². The van der Waals surface area contributed by atoms with E-state index < -0.39 is 15.8 Å². The van der Waals surface area contributed by atoms with Gasteiger partial charge in [-0.25, -0.2) is 17.5 Å². The summed E-state index contributed by atoms with van der Waals surface area (Å²) in [5.41, 5.74) is 1.33. The van der Waals surface area contributed by atoms with Crippen LogP contribution in [-0.2, 0) is 15.4 Å². The van der Waals surface area contributed by atoms with Crippen molar-refractivity contribution in [3.05, 3.63) is 65.5 Å². The zero-order valence-corrected chi connectivity index (χ0v) is 17.8. The molecular weight excluding hydrogens is 391 g/mol.